The van der Waals surface area contributed by atoms with Crippen LogP contribution in [0.5, 0.6) is 0 Å². The van der Waals surface area contributed by atoms with Gasteiger partial charge in [0, 0.05) is 6.04 Å². The molecule has 110 valence electrons. The third kappa shape index (κ3) is 4.17. The second-order valence-corrected chi connectivity index (χ2v) is 5.28. The molecule has 3 heteroatoms. The van der Waals surface area contributed by atoms with E-state index in [9.17, 15) is 4.79 Å². The van der Waals surface area contributed by atoms with E-state index in [1.54, 1.807) is 6.07 Å². The number of carbonyl (C=O) groups excluding carboxylic acids is 1. The van der Waals surface area contributed by atoms with Gasteiger partial charge in [0.1, 0.15) is 0 Å². The van der Waals surface area contributed by atoms with Crippen LogP contribution in [0.2, 0.25) is 0 Å². The third-order valence-corrected chi connectivity index (χ3v) is 3.08. The van der Waals surface area contributed by atoms with E-state index in [0.29, 0.717) is 5.56 Å². The summed E-state index contributed by atoms with van der Waals surface area (Å²) in [6.45, 7) is 5.87. The Morgan fingerprint density at radius 2 is 1.57 bits per heavy atom. The monoisotopic (exact) mass is 283 g/mol. The van der Waals surface area contributed by atoms with Crippen molar-refractivity contribution in [2.45, 2.75) is 33.0 Å². The fourth-order valence-electron chi connectivity index (χ4n) is 2.26. The lowest BCUT2D eigenvalue weighted by molar-refractivity contribution is 0.0247. The summed E-state index contributed by atoms with van der Waals surface area (Å²) in [7, 11) is 0. The van der Waals surface area contributed by atoms with Gasteiger partial charge in [0.25, 0.3) is 0 Å². The van der Waals surface area contributed by atoms with Crippen LogP contribution in [0.1, 0.15) is 31.1 Å². The third-order valence-electron chi connectivity index (χ3n) is 3.08. The van der Waals surface area contributed by atoms with Crippen molar-refractivity contribution < 1.29 is 9.53 Å². The number of benzene rings is 2. The molecule has 0 saturated carbocycles. The van der Waals surface area contributed by atoms with Crippen LogP contribution < -0.4 is 5.32 Å². The van der Waals surface area contributed by atoms with Gasteiger partial charge < -0.3 is 4.74 Å². The van der Waals surface area contributed by atoms with Crippen molar-refractivity contribution in [1.29, 1.82) is 0 Å². The first kappa shape index (κ1) is 15.3. The van der Waals surface area contributed by atoms with Crippen molar-refractivity contribution in [3.8, 4) is 11.1 Å². The number of nitrogens with one attached hydrogen (secondary N) is 1. The number of carbonyl (C=O) groups is 1. The van der Waals surface area contributed by atoms with Gasteiger partial charge in [-0.1, -0.05) is 48.5 Å². The Bertz CT molecular complexity index is 593. The number of hydrogen-bond acceptors (Lipinski definition) is 3. The second kappa shape index (κ2) is 7.04. The van der Waals surface area contributed by atoms with E-state index in [0.717, 1.165) is 11.1 Å². The maximum atomic E-state index is 12.4. The fourth-order valence-corrected chi connectivity index (χ4v) is 2.26. The molecule has 1 unspecified atom stereocenters. The Hall–Kier alpha value is -2.13. The molecule has 0 saturated heterocycles. The second-order valence-electron chi connectivity index (χ2n) is 5.28. The highest BCUT2D eigenvalue weighted by Gasteiger charge is 2.16. The summed E-state index contributed by atoms with van der Waals surface area (Å²) in [4.78, 5) is 12.4. The number of rotatable bonds is 5. The molecule has 2 aromatic rings. The van der Waals surface area contributed by atoms with Crippen LogP contribution in [0.15, 0.2) is 54.6 Å². The van der Waals surface area contributed by atoms with Crippen LogP contribution in [0.25, 0.3) is 11.1 Å². The molecule has 0 fully saturated rings. The average molecular weight is 283 g/mol. The molecular formula is C18H21NO2. The zero-order valence-corrected chi connectivity index (χ0v) is 12.7. The molecule has 0 spiro atoms. The Labute approximate surface area is 126 Å². The lowest BCUT2D eigenvalue weighted by Gasteiger charge is -2.18. The first-order valence-corrected chi connectivity index (χ1v) is 7.19. The molecule has 0 radical (unpaired) electrons. The molecule has 0 aliphatic rings. The summed E-state index contributed by atoms with van der Waals surface area (Å²) in [5.74, 6) is -0.310. The van der Waals surface area contributed by atoms with Crippen molar-refractivity contribution in [1.82, 2.24) is 5.32 Å². The van der Waals surface area contributed by atoms with Crippen LogP contribution in [0, 0.1) is 0 Å². The molecule has 0 heterocycles. The summed E-state index contributed by atoms with van der Waals surface area (Å²) in [5.41, 5.74) is 2.48. The number of hydrogen-bond donors (Lipinski definition) is 1. The van der Waals surface area contributed by atoms with Crippen LogP contribution in [0.3, 0.4) is 0 Å². The highest BCUT2D eigenvalue weighted by molar-refractivity contribution is 5.97. The molecule has 1 N–H and O–H groups in total. The first-order chi connectivity index (χ1) is 10.1. The Balaban J connectivity index is 2.22. The van der Waals surface area contributed by atoms with Gasteiger partial charge in [0.05, 0.1) is 5.56 Å². The van der Waals surface area contributed by atoms with Crippen LogP contribution in [-0.2, 0) is 4.74 Å². The van der Waals surface area contributed by atoms with Crippen molar-refractivity contribution in [3.63, 3.8) is 0 Å². The molecule has 21 heavy (non-hydrogen) atoms. The lowest BCUT2D eigenvalue weighted by Crippen LogP contribution is -2.36. The van der Waals surface area contributed by atoms with Crippen LogP contribution in [-0.4, -0.2) is 18.2 Å². The maximum Gasteiger partial charge on any atom is 0.340 e. The van der Waals surface area contributed by atoms with Crippen LogP contribution >= 0.6 is 0 Å². The van der Waals surface area contributed by atoms with Crippen LogP contribution in [0.4, 0.5) is 0 Å². The minimum Gasteiger partial charge on any atom is -0.443 e. The topological polar surface area (TPSA) is 38.3 Å². The van der Waals surface area contributed by atoms with Gasteiger partial charge >= 0.3 is 5.97 Å². The van der Waals surface area contributed by atoms with Crippen molar-refractivity contribution in [2.24, 2.45) is 0 Å². The van der Waals surface area contributed by atoms with Crippen molar-refractivity contribution >= 4 is 5.97 Å². The quantitative estimate of drug-likeness (QED) is 0.669. The van der Waals surface area contributed by atoms with Gasteiger partial charge in [0.15, 0.2) is 6.23 Å². The molecule has 0 aliphatic carbocycles. The molecule has 1 atom stereocenters. The molecular weight excluding hydrogens is 262 g/mol. The largest absolute Gasteiger partial charge is 0.443 e. The van der Waals surface area contributed by atoms with Gasteiger partial charge in [-0.3, -0.25) is 5.32 Å². The van der Waals surface area contributed by atoms with E-state index >= 15 is 0 Å². The standard InChI is InChI=1S/C18H21NO2/c1-13(2)19-14(3)21-18(20)17-12-8-7-11-16(17)15-9-5-4-6-10-15/h4-14,19H,1-3H3. The molecule has 0 bridgehead atoms. The predicted octanol–water partition coefficient (Wildman–Crippen LogP) is 3.85. The SMILES string of the molecule is CC(C)NC(C)OC(=O)c1ccccc1-c1ccccc1. The summed E-state index contributed by atoms with van der Waals surface area (Å²) in [6, 6.07) is 17.6. The number of esters is 1. The smallest absolute Gasteiger partial charge is 0.340 e. The maximum absolute atomic E-state index is 12.4. The van der Waals surface area contributed by atoms with E-state index < -0.39 is 0 Å². The van der Waals surface area contributed by atoms with E-state index in [1.807, 2.05) is 69.3 Å². The van der Waals surface area contributed by atoms with Gasteiger partial charge in [-0.25, -0.2) is 4.79 Å². The van der Waals surface area contributed by atoms with Gasteiger partial charge in [-0.05, 0) is 38.0 Å². The van der Waals surface area contributed by atoms with Crippen molar-refractivity contribution in [3.05, 3.63) is 60.2 Å². The zero-order valence-electron chi connectivity index (χ0n) is 12.7. The zero-order chi connectivity index (χ0) is 15.2. The normalized spacial score (nSPS) is 12.2. The molecule has 0 aliphatic heterocycles. The Morgan fingerprint density at radius 1 is 0.952 bits per heavy atom. The Kier molecular flexibility index (Phi) is 5.12. The number of ether oxygens (including phenoxy) is 1. The summed E-state index contributed by atoms with van der Waals surface area (Å²) in [6.07, 6.45) is -0.318. The molecule has 3 nitrogen and oxygen atoms in total. The molecule has 2 rings (SSSR count). The fraction of sp³-hybridized carbons (Fsp3) is 0.278. The highest BCUT2D eigenvalue weighted by Crippen LogP contribution is 2.24. The van der Waals surface area contributed by atoms with E-state index in [1.165, 1.54) is 0 Å². The van der Waals surface area contributed by atoms with Crippen molar-refractivity contribution in [2.75, 3.05) is 0 Å². The molecule has 0 amide bonds. The summed E-state index contributed by atoms with van der Waals surface area (Å²) < 4.78 is 5.46. The average Bonchev–Trinajstić information content (AvgIpc) is 2.47. The Morgan fingerprint density at radius 3 is 2.24 bits per heavy atom. The predicted molar refractivity (Wildman–Crippen MR) is 85.0 cm³/mol. The summed E-state index contributed by atoms with van der Waals surface area (Å²) in [5, 5.41) is 3.16. The van der Waals surface area contributed by atoms with E-state index in [4.69, 9.17) is 4.74 Å². The molecule has 2 aromatic carbocycles. The highest BCUT2D eigenvalue weighted by atomic mass is 16.6. The van der Waals surface area contributed by atoms with Gasteiger partial charge in [-0.2, -0.15) is 0 Å². The van der Waals surface area contributed by atoms with E-state index in [2.05, 4.69) is 5.32 Å². The minimum absolute atomic E-state index is 0.261. The van der Waals surface area contributed by atoms with E-state index in [-0.39, 0.29) is 18.2 Å². The first-order valence-electron chi connectivity index (χ1n) is 7.19. The molecule has 0 aromatic heterocycles. The van der Waals surface area contributed by atoms with Gasteiger partial charge in [-0.15, -0.1) is 0 Å². The summed E-state index contributed by atoms with van der Waals surface area (Å²) >= 11 is 0. The minimum atomic E-state index is -0.318. The van der Waals surface area contributed by atoms with Gasteiger partial charge in [0.2, 0.25) is 0 Å². The lowest BCUT2D eigenvalue weighted by atomic mass is 10.00.